The average molecular weight is 321 g/mol. The number of nitrogens with one attached hydrogen (secondary N) is 1. The molecule has 2 aromatic rings. The fourth-order valence-corrected chi connectivity index (χ4v) is 3.52. The molecular formula is C13H11N3O3S2. The van der Waals surface area contributed by atoms with Gasteiger partial charge in [-0.15, -0.1) is 11.3 Å². The number of piperazine rings is 1. The van der Waals surface area contributed by atoms with Crippen LogP contribution in [0.1, 0.15) is 5.69 Å². The predicted molar refractivity (Wildman–Crippen MR) is 78.9 cm³/mol. The minimum Gasteiger partial charge on any atom is -0.324 e. The van der Waals surface area contributed by atoms with Crippen LogP contribution in [-0.2, 0) is 20.8 Å². The molecule has 3 heterocycles. The minimum absolute atomic E-state index is 0.0773. The second-order valence-electron chi connectivity index (χ2n) is 4.55. The summed E-state index contributed by atoms with van der Waals surface area (Å²) < 4.78 is 0. The zero-order valence-corrected chi connectivity index (χ0v) is 12.5. The van der Waals surface area contributed by atoms with Crippen LogP contribution in [0.4, 0.5) is 0 Å². The Kier molecular flexibility index (Phi) is 3.80. The SMILES string of the molecule is O=C1CN(C(=O)Cc2csc(-c3ccsc3)n2)CC(=O)N1. The Morgan fingerprint density at radius 2 is 2.05 bits per heavy atom. The molecule has 108 valence electrons. The maximum atomic E-state index is 12.1. The third-order valence-corrected chi connectivity index (χ3v) is 4.58. The fourth-order valence-electron chi connectivity index (χ4n) is 1.99. The van der Waals surface area contributed by atoms with Crippen molar-refractivity contribution >= 4 is 40.4 Å². The highest BCUT2D eigenvalue weighted by atomic mass is 32.1. The van der Waals surface area contributed by atoms with Gasteiger partial charge in [-0.2, -0.15) is 11.3 Å². The Hall–Kier alpha value is -2.06. The van der Waals surface area contributed by atoms with E-state index in [0.29, 0.717) is 5.69 Å². The maximum Gasteiger partial charge on any atom is 0.246 e. The topological polar surface area (TPSA) is 79.4 Å². The van der Waals surface area contributed by atoms with E-state index in [1.165, 1.54) is 16.2 Å². The molecule has 1 N–H and O–H groups in total. The number of aromatic nitrogens is 1. The van der Waals surface area contributed by atoms with Gasteiger partial charge in [0.15, 0.2) is 0 Å². The lowest BCUT2D eigenvalue weighted by molar-refractivity contribution is -0.145. The molecule has 1 fully saturated rings. The summed E-state index contributed by atoms with van der Waals surface area (Å²) in [6.07, 6.45) is 0.0984. The van der Waals surface area contributed by atoms with Crippen molar-refractivity contribution in [2.75, 3.05) is 13.1 Å². The summed E-state index contributed by atoms with van der Waals surface area (Å²) in [5, 5.41) is 8.83. The van der Waals surface area contributed by atoms with Gasteiger partial charge < -0.3 is 4.90 Å². The highest BCUT2D eigenvalue weighted by Gasteiger charge is 2.26. The molecule has 0 bridgehead atoms. The minimum atomic E-state index is -0.447. The van der Waals surface area contributed by atoms with Crippen molar-refractivity contribution in [3.8, 4) is 10.6 Å². The standard InChI is InChI=1S/C13H11N3O3S2/c17-10-4-16(5-11(18)15-10)12(19)3-9-7-21-13(14-9)8-1-2-20-6-8/h1-2,6-7H,3-5H2,(H,15,17,18). The summed E-state index contributed by atoms with van der Waals surface area (Å²) >= 11 is 3.07. The van der Waals surface area contributed by atoms with Gasteiger partial charge in [0.25, 0.3) is 0 Å². The van der Waals surface area contributed by atoms with Crippen molar-refractivity contribution in [3.05, 3.63) is 27.9 Å². The Balaban J connectivity index is 1.67. The van der Waals surface area contributed by atoms with Gasteiger partial charge in [-0.1, -0.05) is 0 Å². The zero-order chi connectivity index (χ0) is 14.8. The normalized spacial score (nSPS) is 15.1. The lowest BCUT2D eigenvalue weighted by atomic mass is 10.2. The second-order valence-corrected chi connectivity index (χ2v) is 6.19. The summed E-state index contributed by atoms with van der Waals surface area (Å²) in [6, 6.07) is 1.97. The number of amides is 3. The van der Waals surface area contributed by atoms with Crippen molar-refractivity contribution in [3.63, 3.8) is 0 Å². The Morgan fingerprint density at radius 1 is 1.29 bits per heavy atom. The van der Waals surface area contributed by atoms with Crippen LogP contribution in [0, 0.1) is 0 Å². The molecule has 0 spiro atoms. The summed E-state index contributed by atoms with van der Waals surface area (Å²) in [5.74, 6) is -1.16. The van der Waals surface area contributed by atoms with Gasteiger partial charge in [0.2, 0.25) is 17.7 Å². The lowest BCUT2D eigenvalue weighted by Gasteiger charge is -2.25. The Labute approximate surface area is 128 Å². The number of nitrogens with zero attached hydrogens (tertiary/aromatic N) is 2. The fraction of sp³-hybridized carbons (Fsp3) is 0.231. The molecule has 1 aliphatic heterocycles. The molecule has 6 nitrogen and oxygen atoms in total. The molecule has 2 aromatic heterocycles. The maximum absolute atomic E-state index is 12.1. The molecule has 3 amide bonds. The zero-order valence-electron chi connectivity index (χ0n) is 10.9. The van der Waals surface area contributed by atoms with Gasteiger partial charge in [-0.05, 0) is 11.4 Å². The van der Waals surface area contributed by atoms with E-state index >= 15 is 0 Å². The molecule has 0 aliphatic carbocycles. The van der Waals surface area contributed by atoms with E-state index in [2.05, 4.69) is 10.3 Å². The van der Waals surface area contributed by atoms with Crippen molar-refractivity contribution in [1.29, 1.82) is 0 Å². The number of thiazole rings is 1. The highest BCUT2D eigenvalue weighted by Crippen LogP contribution is 2.25. The van der Waals surface area contributed by atoms with Crippen LogP contribution < -0.4 is 5.32 Å². The van der Waals surface area contributed by atoms with Crippen LogP contribution in [-0.4, -0.2) is 40.7 Å². The number of carbonyl (C=O) groups is 3. The summed E-state index contributed by atoms with van der Waals surface area (Å²) in [4.78, 5) is 40.3. The van der Waals surface area contributed by atoms with E-state index in [1.807, 2.05) is 22.2 Å². The molecule has 0 unspecified atom stereocenters. The van der Waals surface area contributed by atoms with Gasteiger partial charge in [0.05, 0.1) is 12.1 Å². The van der Waals surface area contributed by atoms with Crippen LogP contribution in [0.25, 0.3) is 10.6 Å². The average Bonchev–Trinajstić information content (AvgIpc) is 3.07. The van der Waals surface area contributed by atoms with E-state index in [0.717, 1.165) is 10.6 Å². The number of hydrogen-bond donors (Lipinski definition) is 1. The van der Waals surface area contributed by atoms with E-state index in [-0.39, 0.29) is 25.4 Å². The van der Waals surface area contributed by atoms with Gasteiger partial charge in [-0.25, -0.2) is 4.98 Å². The highest BCUT2D eigenvalue weighted by molar-refractivity contribution is 7.14. The Morgan fingerprint density at radius 3 is 2.71 bits per heavy atom. The summed E-state index contributed by atoms with van der Waals surface area (Å²) in [5.41, 5.74) is 1.70. The Bertz CT molecular complexity index is 677. The van der Waals surface area contributed by atoms with Gasteiger partial charge in [0.1, 0.15) is 18.1 Å². The molecule has 3 rings (SSSR count). The first-order chi connectivity index (χ1) is 10.1. The molecular weight excluding hydrogens is 310 g/mol. The lowest BCUT2D eigenvalue weighted by Crippen LogP contribution is -2.53. The van der Waals surface area contributed by atoms with Crippen molar-refractivity contribution in [1.82, 2.24) is 15.2 Å². The molecule has 1 aliphatic rings. The third kappa shape index (κ3) is 3.17. The van der Waals surface area contributed by atoms with Crippen LogP contribution in [0.3, 0.4) is 0 Å². The van der Waals surface area contributed by atoms with Gasteiger partial charge >= 0.3 is 0 Å². The van der Waals surface area contributed by atoms with Crippen molar-refractivity contribution in [2.45, 2.75) is 6.42 Å². The molecule has 0 atom stereocenters. The first-order valence-electron chi connectivity index (χ1n) is 6.19. The summed E-state index contributed by atoms with van der Waals surface area (Å²) in [7, 11) is 0. The molecule has 21 heavy (non-hydrogen) atoms. The second kappa shape index (κ2) is 5.74. The number of hydrogen-bond acceptors (Lipinski definition) is 6. The molecule has 8 heteroatoms. The number of carbonyl (C=O) groups excluding carboxylic acids is 3. The predicted octanol–water partition coefficient (Wildman–Crippen LogP) is 0.899. The van der Waals surface area contributed by atoms with Crippen molar-refractivity contribution in [2.24, 2.45) is 0 Å². The first-order valence-corrected chi connectivity index (χ1v) is 8.01. The smallest absolute Gasteiger partial charge is 0.246 e. The molecule has 1 saturated heterocycles. The van der Waals surface area contributed by atoms with E-state index in [1.54, 1.807) is 11.3 Å². The largest absolute Gasteiger partial charge is 0.324 e. The van der Waals surface area contributed by atoms with Gasteiger partial charge in [-0.3, -0.25) is 19.7 Å². The monoisotopic (exact) mass is 321 g/mol. The van der Waals surface area contributed by atoms with E-state index in [4.69, 9.17) is 0 Å². The van der Waals surface area contributed by atoms with E-state index in [9.17, 15) is 14.4 Å². The van der Waals surface area contributed by atoms with E-state index < -0.39 is 11.8 Å². The number of thiophene rings is 1. The number of imide groups is 1. The van der Waals surface area contributed by atoms with Crippen LogP contribution >= 0.6 is 22.7 Å². The molecule has 0 aromatic carbocycles. The van der Waals surface area contributed by atoms with Crippen LogP contribution in [0.5, 0.6) is 0 Å². The van der Waals surface area contributed by atoms with Crippen LogP contribution in [0.2, 0.25) is 0 Å². The first kappa shape index (κ1) is 13.9. The van der Waals surface area contributed by atoms with Crippen molar-refractivity contribution < 1.29 is 14.4 Å². The molecule has 0 saturated carbocycles. The summed E-state index contributed by atoms with van der Waals surface area (Å²) in [6.45, 7) is -0.155. The van der Waals surface area contributed by atoms with Gasteiger partial charge in [0, 0.05) is 16.3 Å². The number of rotatable bonds is 3. The third-order valence-electron chi connectivity index (χ3n) is 2.95. The molecule has 0 radical (unpaired) electrons. The van der Waals surface area contributed by atoms with Crippen LogP contribution in [0.15, 0.2) is 22.2 Å². The quantitative estimate of drug-likeness (QED) is 0.852.